The molecule has 0 atom stereocenters. The summed E-state index contributed by atoms with van der Waals surface area (Å²) in [4.78, 5) is 64.7. The van der Waals surface area contributed by atoms with E-state index in [2.05, 4.69) is 102 Å². The maximum atomic E-state index is 4.83. The first-order valence-electron chi connectivity index (χ1n) is 29.1. The highest BCUT2D eigenvalue weighted by atomic mass is 32.1. The van der Waals surface area contributed by atoms with Crippen LogP contribution in [0.1, 0.15) is 84.6 Å². The Morgan fingerprint density at radius 2 is 0.884 bits per heavy atom. The number of furan rings is 1. The number of thiazole rings is 6. The monoisotopic (exact) mass is 1390 g/mol. The van der Waals surface area contributed by atoms with Crippen molar-refractivity contribution in [3.8, 4) is 0 Å². The number of pyridine rings is 1. The molecule has 0 spiro atoms. The SMILES string of the molecule is CC1=NCC=C1.CC1=NCC=C1.Cc1ccccn1.Cc1cccnn1.Cc1ccco1.Cc1ccncn1.Cc1ccncn1.Cc1cncs1.Cc1cncs1.Cc1cscn1.Cc1ncccn1.Cc1ncco1.Cc1nccs1.Cc1nccs1.Cc1nccs1. The maximum Gasteiger partial charge on any atom is 0.190 e. The first-order valence-corrected chi connectivity index (χ1v) is 34.4. The molecule has 2 aliphatic rings. The van der Waals surface area contributed by atoms with E-state index >= 15 is 0 Å². The third-order valence-electron chi connectivity index (χ3n) is 9.84. The zero-order chi connectivity index (χ0) is 69.6. The van der Waals surface area contributed by atoms with Crippen molar-refractivity contribution in [3.63, 3.8) is 0 Å². The van der Waals surface area contributed by atoms with Crippen molar-refractivity contribution in [2.45, 2.75) is 104 Å². The quantitative estimate of drug-likeness (QED) is 0.137. The van der Waals surface area contributed by atoms with Gasteiger partial charge in [0.05, 0.1) is 62.8 Å². The summed E-state index contributed by atoms with van der Waals surface area (Å²) in [5.74, 6) is 2.51. The Morgan fingerprint density at radius 1 is 0.368 bits per heavy atom. The topological polar surface area (TPSA) is 257 Å². The van der Waals surface area contributed by atoms with E-state index in [-0.39, 0.29) is 0 Å². The second-order valence-corrected chi connectivity index (χ2v) is 24.6. The highest BCUT2D eigenvalue weighted by Gasteiger charge is 1.88. The zero-order valence-corrected chi connectivity index (χ0v) is 61.5. The van der Waals surface area contributed by atoms with Crippen molar-refractivity contribution in [1.82, 2.24) is 80.0 Å². The predicted octanol–water partition coefficient (Wildman–Crippen LogP) is 17.8. The molecule has 0 saturated heterocycles. The van der Waals surface area contributed by atoms with E-state index in [0.29, 0.717) is 0 Å². The molecule has 0 N–H and O–H groups in total. The fourth-order valence-corrected chi connectivity index (χ4v) is 7.92. The highest BCUT2D eigenvalue weighted by molar-refractivity contribution is 7.10. The van der Waals surface area contributed by atoms with E-state index in [1.165, 1.54) is 22.4 Å². The Morgan fingerprint density at radius 3 is 1.03 bits per heavy atom. The van der Waals surface area contributed by atoms with E-state index in [9.17, 15) is 0 Å². The summed E-state index contributed by atoms with van der Waals surface area (Å²) < 4.78 is 9.56. The van der Waals surface area contributed by atoms with Gasteiger partial charge in [-0.3, -0.25) is 44.9 Å². The molecule has 0 bridgehead atoms. The van der Waals surface area contributed by atoms with E-state index in [0.717, 1.165) is 85.5 Å². The number of hydrogen-bond acceptors (Lipinski definition) is 26. The van der Waals surface area contributed by atoms with Crippen LogP contribution in [-0.4, -0.2) is 104 Å². The first-order chi connectivity index (χ1) is 45.9. The number of oxazole rings is 1. The van der Waals surface area contributed by atoms with Gasteiger partial charge >= 0.3 is 0 Å². The molecular formula is C69H86N18O2S6. The number of aliphatic imine (C=N–C) groups is 2. The van der Waals surface area contributed by atoms with Crippen molar-refractivity contribution in [2.24, 2.45) is 9.98 Å². The molecule has 0 aliphatic carbocycles. The summed E-state index contributed by atoms with van der Waals surface area (Å²) in [6.07, 6.45) is 35.5. The second kappa shape index (κ2) is 58.4. The second-order valence-electron chi connectivity index (χ2n) is 18.4. The molecule has 500 valence electrons. The third kappa shape index (κ3) is 57.0. The van der Waals surface area contributed by atoms with E-state index in [1.807, 2.05) is 214 Å². The third-order valence-corrected chi connectivity index (χ3v) is 14.1. The van der Waals surface area contributed by atoms with Gasteiger partial charge in [0.25, 0.3) is 0 Å². The molecule has 0 saturated carbocycles. The van der Waals surface area contributed by atoms with Gasteiger partial charge in [-0.1, -0.05) is 18.2 Å². The van der Waals surface area contributed by atoms with Crippen LogP contribution in [-0.2, 0) is 0 Å². The fourth-order valence-electron chi connectivity index (χ4n) is 5.23. The van der Waals surface area contributed by atoms with Gasteiger partial charge in [-0.05, 0) is 164 Å². The van der Waals surface area contributed by atoms with Crippen molar-refractivity contribution >= 4 is 79.4 Å². The number of hydrogen-bond donors (Lipinski definition) is 0. The normalized spacial score (nSPS) is 10.0. The van der Waals surface area contributed by atoms with E-state index < -0.39 is 0 Å². The molecule has 13 aromatic heterocycles. The van der Waals surface area contributed by atoms with Crippen LogP contribution in [0.4, 0.5) is 0 Å². The van der Waals surface area contributed by atoms with Gasteiger partial charge in [-0.2, -0.15) is 10.2 Å². The van der Waals surface area contributed by atoms with Gasteiger partial charge in [-0.15, -0.1) is 68.0 Å². The summed E-state index contributed by atoms with van der Waals surface area (Å²) in [5, 5.41) is 18.7. The molecule has 0 radical (unpaired) electrons. The average molecular weight is 1390 g/mol. The summed E-state index contributed by atoms with van der Waals surface area (Å²) in [6.45, 7) is 31.2. The molecule has 15 rings (SSSR count). The Labute approximate surface area is 584 Å². The van der Waals surface area contributed by atoms with Crippen molar-refractivity contribution < 1.29 is 8.83 Å². The van der Waals surface area contributed by atoms with E-state index in [1.54, 1.807) is 156 Å². The van der Waals surface area contributed by atoms with Gasteiger partial charge in [0.15, 0.2) is 5.89 Å². The van der Waals surface area contributed by atoms with Crippen molar-refractivity contribution in [3.05, 3.63) is 293 Å². The average Bonchev–Trinajstić information content (AvgIpc) is 4.56. The Bertz CT molecular complexity index is 3100. The highest BCUT2D eigenvalue weighted by Crippen LogP contribution is 2.03. The summed E-state index contributed by atoms with van der Waals surface area (Å²) in [5.41, 5.74) is 12.9. The van der Waals surface area contributed by atoms with Crippen LogP contribution in [0, 0.1) is 90.0 Å². The first kappa shape index (κ1) is 83.6. The minimum absolute atomic E-state index is 0.718. The lowest BCUT2D eigenvalue weighted by molar-refractivity contribution is 0.521. The number of aryl methyl sites for hydroxylation is 13. The van der Waals surface area contributed by atoms with Gasteiger partial charge in [0.1, 0.15) is 30.5 Å². The molecule has 0 amide bonds. The zero-order valence-electron chi connectivity index (χ0n) is 56.6. The number of allylic oxidation sites excluding steroid dienone is 2. The van der Waals surface area contributed by atoms with E-state index in [4.69, 9.17) is 8.83 Å². The molecule has 13 aromatic rings. The summed E-state index contributed by atoms with van der Waals surface area (Å²) in [7, 11) is 0. The minimum atomic E-state index is 0.718. The number of nitrogens with zero attached hydrogens (tertiary/aromatic N) is 18. The smallest absolute Gasteiger partial charge is 0.190 e. The molecule has 15 heterocycles. The molecule has 0 aromatic carbocycles. The Kier molecular flexibility index (Phi) is 51.4. The van der Waals surface area contributed by atoms with Crippen LogP contribution >= 0.6 is 68.0 Å². The molecule has 20 nitrogen and oxygen atoms in total. The van der Waals surface area contributed by atoms with Crippen LogP contribution in [0.15, 0.2) is 241 Å². The Hall–Kier alpha value is -9.44. The standard InChI is InChI=1S/C6H7N.4C5H6N2.2C5H7N.C5H6O.C4H5NO.6C4H5NS/c1-6-4-2-3-5-7-6;2*1-5-2-3-6-4-7-5;1-5-6-3-2-4-7-5;1-5-3-2-4-6-7-5;3*1-5-3-2-4-6-5;1-4-5-2-3-6-4;1-4-2-6-3-5-4;2*1-4-2-5-3-6-4;3*1-4-5-2-3-6-4/h2-5H,1H3;4*2-4H,1H3;2*2-3H,4H2,1H3;2-4H,1H3;7*2-3H,1H3. The molecule has 0 unspecified atom stereocenters. The van der Waals surface area contributed by atoms with Crippen LogP contribution < -0.4 is 0 Å². The Balaban J connectivity index is 0.000000509. The van der Waals surface area contributed by atoms with Crippen LogP contribution in [0.5, 0.6) is 0 Å². The van der Waals surface area contributed by atoms with Gasteiger partial charge in [0, 0.05) is 141 Å². The van der Waals surface area contributed by atoms with Crippen molar-refractivity contribution in [2.75, 3.05) is 13.1 Å². The molecule has 2 aliphatic heterocycles. The van der Waals surface area contributed by atoms with Crippen LogP contribution in [0.25, 0.3) is 0 Å². The molecule has 26 heteroatoms. The molecule has 95 heavy (non-hydrogen) atoms. The maximum absolute atomic E-state index is 4.83. The summed E-state index contributed by atoms with van der Waals surface area (Å²) in [6, 6.07) is 18.9. The summed E-state index contributed by atoms with van der Waals surface area (Å²) >= 11 is 9.96. The lowest BCUT2D eigenvalue weighted by Gasteiger charge is -1.82. The molecular weight excluding hydrogens is 1310 g/mol. The lowest BCUT2D eigenvalue weighted by atomic mass is 10.4. The minimum Gasteiger partial charge on any atom is -0.470 e. The number of rotatable bonds is 0. The largest absolute Gasteiger partial charge is 0.470 e. The fraction of sp³-hybridized carbons (Fsp3) is 0.246. The van der Waals surface area contributed by atoms with Crippen LogP contribution in [0.3, 0.4) is 0 Å². The lowest BCUT2D eigenvalue weighted by Crippen LogP contribution is -1.80. The molecule has 0 fully saturated rings. The van der Waals surface area contributed by atoms with Gasteiger partial charge in [0.2, 0.25) is 0 Å². The van der Waals surface area contributed by atoms with Gasteiger partial charge in [-0.25, -0.2) is 34.9 Å². The van der Waals surface area contributed by atoms with Gasteiger partial charge < -0.3 is 8.83 Å². The number of aromatic nitrogens is 16. The predicted molar refractivity (Wildman–Crippen MR) is 396 cm³/mol. The van der Waals surface area contributed by atoms with Crippen LogP contribution in [0.2, 0.25) is 0 Å². The van der Waals surface area contributed by atoms with Crippen molar-refractivity contribution in [1.29, 1.82) is 0 Å².